The summed E-state index contributed by atoms with van der Waals surface area (Å²) < 4.78 is 0. The Hall–Kier alpha value is -1.43. The zero-order chi connectivity index (χ0) is 28.2. The van der Waals surface area contributed by atoms with Crippen LogP contribution >= 0.6 is 0 Å². The number of hydrogen-bond donors (Lipinski definition) is 3. The topological polar surface area (TPSA) is 81.0 Å². The van der Waals surface area contributed by atoms with Gasteiger partial charge in [-0.2, -0.15) is 0 Å². The van der Waals surface area contributed by atoms with Crippen molar-refractivity contribution in [2.75, 3.05) is 13.1 Å². The van der Waals surface area contributed by atoms with E-state index in [1.165, 1.54) is 5.56 Å². The van der Waals surface area contributed by atoms with E-state index >= 15 is 0 Å². The van der Waals surface area contributed by atoms with Crippen LogP contribution in [0.3, 0.4) is 0 Å². The normalized spacial score (nSPS) is 44.4. The van der Waals surface area contributed by atoms with Crippen LogP contribution in [0.2, 0.25) is 0 Å². The Morgan fingerprint density at radius 1 is 0.950 bits per heavy atom. The van der Waals surface area contributed by atoms with Gasteiger partial charge < -0.3 is 20.2 Å². The Morgan fingerprint density at radius 2 is 1.68 bits per heavy atom. The lowest BCUT2D eigenvalue weighted by atomic mass is 9.43. The number of aliphatic hydroxyl groups is 3. The van der Waals surface area contributed by atoms with E-state index < -0.39 is 0 Å². The fourth-order valence-electron chi connectivity index (χ4n) is 11.0. The van der Waals surface area contributed by atoms with Gasteiger partial charge in [0, 0.05) is 19.5 Å². The van der Waals surface area contributed by atoms with E-state index in [0.717, 1.165) is 77.3 Å². The lowest BCUT2D eigenvalue weighted by Gasteiger charge is -2.63. The highest BCUT2D eigenvalue weighted by Crippen LogP contribution is 2.68. The zero-order valence-electron chi connectivity index (χ0n) is 25.0. The first kappa shape index (κ1) is 28.7. The highest BCUT2D eigenvalue weighted by molar-refractivity contribution is 5.76. The molecular weight excluding hydrogens is 498 g/mol. The number of piperidine rings is 1. The summed E-state index contributed by atoms with van der Waals surface area (Å²) in [5.74, 6) is 2.87. The standard InChI is InChI=1S/C35H53NO4/c1-22(9-12-32(40)36-17-14-24(15-18-36)23-7-5-4-6-8-23)27-10-11-28-33-29(21-31(39)35(27,28)3)34(2)16-13-26(37)19-25(34)20-30(33)38/h4-8,22,24-31,33,37-39H,9-21H2,1-3H3/t22-,25-,26-,27+,28-,29-,30-,31+,33+,34+,35-/m1/s1. The number of aliphatic hydroxyl groups excluding tert-OH is 3. The molecule has 1 aromatic carbocycles. The van der Waals surface area contributed by atoms with Crippen LogP contribution in [-0.2, 0) is 4.79 Å². The molecule has 5 fully saturated rings. The van der Waals surface area contributed by atoms with Crippen molar-refractivity contribution >= 4 is 5.91 Å². The van der Waals surface area contributed by atoms with Crippen LogP contribution in [0.4, 0.5) is 0 Å². The van der Waals surface area contributed by atoms with E-state index in [2.05, 4.69) is 56.0 Å². The van der Waals surface area contributed by atoms with Crippen molar-refractivity contribution in [2.24, 2.45) is 46.3 Å². The number of amides is 1. The number of fused-ring (bicyclic) bond motifs is 5. The summed E-state index contributed by atoms with van der Waals surface area (Å²) in [5.41, 5.74) is 1.31. The SMILES string of the molecule is C[C@H](CCC(=O)N1CCC(c2ccccc2)CC1)[C@@H]1CC[C@@H]2[C@@H]3[C@H](O)C[C@H]4C[C@H](O)CC[C@]4(C)[C@@H]3C[C@H](O)[C@@]21C. The Morgan fingerprint density at radius 3 is 2.40 bits per heavy atom. The lowest BCUT2D eigenvalue weighted by molar-refractivity contribution is -0.207. The fraction of sp³-hybridized carbons (Fsp3) is 0.800. The van der Waals surface area contributed by atoms with Gasteiger partial charge in [-0.3, -0.25) is 4.79 Å². The van der Waals surface area contributed by atoms with E-state index in [4.69, 9.17) is 0 Å². The fourth-order valence-corrected chi connectivity index (χ4v) is 11.0. The zero-order valence-corrected chi connectivity index (χ0v) is 25.0. The number of nitrogens with zero attached hydrogens (tertiary/aromatic N) is 1. The minimum atomic E-state index is -0.365. The van der Waals surface area contributed by atoms with E-state index in [9.17, 15) is 20.1 Å². The highest BCUT2D eigenvalue weighted by atomic mass is 16.3. The summed E-state index contributed by atoms with van der Waals surface area (Å²) in [6.45, 7) is 8.72. The lowest BCUT2D eigenvalue weighted by Crippen LogP contribution is -2.62. The molecule has 3 N–H and O–H groups in total. The molecule has 0 bridgehead atoms. The van der Waals surface area contributed by atoms with Crippen molar-refractivity contribution in [1.82, 2.24) is 4.90 Å². The molecule has 4 saturated carbocycles. The molecule has 1 amide bonds. The van der Waals surface area contributed by atoms with E-state index in [0.29, 0.717) is 47.8 Å². The van der Waals surface area contributed by atoms with Gasteiger partial charge in [0.25, 0.3) is 0 Å². The molecular formula is C35H53NO4. The molecule has 0 radical (unpaired) electrons. The quantitative estimate of drug-likeness (QED) is 0.434. The van der Waals surface area contributed by atoms with Crippen LogP contribution in [0.25, 0.3) is 0 Å². The molecule has 1 heterocycles. The van der Waals surface area contributed by atoms with Crippen LogP contribution in [0.15, 0.2) is 30.3 Å². The minimum absolute atomic E-state index is 0.107. The Labute approximate surface area is 241 Å². The minimum Gasteiger partial charge on any atom is -0.393 e. The average Bonchev–Trinajstić information content (AvgIpc) is 3.32. The molecule has 0 unspecified atom stereocenters. The van der Waals surface area contributed by atoms with Crippen LogP contribution < -0.4 is 0 Å². The Kier molecular flexibility index (Phi) is 7.89. The molecule has 1 aromatic rings. The van der Waals surface area contributed by atoms with Gasteiger partial charge in [-0.1, -0.05) is 51.1 Å². The number of carbonyl (C=O) groups is 1. The van der Waals surface area contributed by atoms with E-state index in [1.807, 2.05) is 0 Å². The Balaban J connectivity index is 1.08. The molecule has 1 saturated heterocycles. The van der Waals surface area contributed by atoms with Crippen molar-refractivity contribution in [1.29, 1.82) is 0 Å². The molecule has 0 aromatic heterocycles. The maximum Gasteiger partial charge on any atom is 0.222 e. The van der Waals surface area contributed by atoms with E-state index in [-0.39, 0.29) is 35.1 Å². The predicted octanol–water partition coefficient (Wildman–Crippen LogP) is 5.77. The third-order valence-electron chi connectivity index (χ3n) is 13.5. The van der Waals surface area contributed by atoms with E-state index in [1.54, 1.807) is 0 Å². The van der Waals surface area contributed by atoms with Crippen molar-refractivity contribution in [3.63, 3.8) is 0 Å². The summed E-state index contributed by atoms with van der Waals surface area (Å²) in [4.78, 5) is 15.3. The van der Waals surface area contributed by atoms with Gasteiger partial charge in [0.05, 0.1) is 18.3 Å². The van der Waals surface area contributed by atoms with Gasteiger partial charge in [-0.05, 0) is 122 Å². The molecule has 5 aliphatic rings. The number of hydrogen-bond acceptors (Lipinski definition) is 4. The molecule has 11 atom stereocenters. The first-order chi connectivity index (χ1) is 19.1. The largest absolute Gasteiger partial charge is 0.393 e. The summed E-state index contributed by atoms with van der Waals surface area (Å²) in [6.07, 6.45) is 9.02. The van der Waals surface area contributed by atoms with Crippen molar-refractivity contribution < 1.29 is 20.1 Å². The second-order valence-corrected chi connectivity index (χ2v) is 15.1. The van der Waals surface area contributed by atoms with Gasteiger partial charge in [0.1, 0.15) is 0 Å². The van der Waals surface area contributed by atoms with Gasteiger partial charge in [-0.25, -0.2) is 0 Å². The molecule has 1 aliphatic heterocycles. The number of rotatable bonds is 5. The van der Waals surface area contributed by atoms with Crippen LogP contribution in [0.1, 0.15) is 103 Å². The molecule has 40 heavy (non-hydrogen) atoms. The average molecular weight is 552 g/mol. The summed E-state index contributed by atoms with van der Waals surface area (Å²) in [5, 5.41) is 33.7. The first-order valence-electron chi connectivity index (χ1n) is 16.5. The van der Waals surface area contributed by atoms with Crippen LogP contribution in [0, 0.1) is 46.3 Å². The molecule has 0 spiro atoms. The maximum atomic E-state index is 13.2. The second kappa shape index (κ2) is 11.0. The summed E-state index contributed by atoms with van der Waals surface area (Å²) in [6, 6.07) is 10.7. The maximum absolute atomic E-state index is 13.2. The van der Waals surface area contributed by atoms with Gasteiger partial charge in [0.2, 0.25) is 5.91 Å². The van der Waals surface area contributed by atoms with Gasteiger partial charge in [-0.15, -0.1) is 0 Å². The van der Waals surface area contributed by atoms with Gasteiger partial charge in [0.15, 0.2) is 0 Å². The van der Waals surface area contributed by atoms with Crippen LogP contribution in [0.5, 0.6) is 0 Å². The Bertz CT molecular complexity index is 1040. The highest BCUT2D eigenvalue weighted by Gasteiger charge is 2.65. The molecule has 5 nitrogen and oxygen atoms in total. The summed E-state index contributed by atoms with van der Waals surface area (Å²) in [7, 11) is 0. The van der Waals surface area contributed by atoms with Gasteiger partial charge >= 0.3 is 0 Å². The first-order valence-corrected chi connectivity index (χ1v) is 16.5. The van der Waals surface area contributed by atoms with Crippen LogP contribution in [-0.4, -0.2) is 57.5 Å². The molecule has 222 valence electrons. The van der Waals surface area contributed by atoms with Crippen molar-refractivity contribution in [3.8, 4) is 0 Å². The second-order valence-electron chi connectivity index (χ2n) is 15.1. The molecule has 5 heteroatoms. The number of carbonyl (C=O) groups excluding carboxylic acids is 1. The number of benzene rings is 1. The van der Waals surface area contributed by atoms with Crippen molar-refractivity contribution in [3.05, 3.63) is 35.9 Å². The smallest absolute Gasteiger partial charge is 0.222 e. The molecule has 6 rings (SSSR count). The predicted molar refractivity (Wildman–Crippen MR) is 157 cm³/mol. The summed E-state index contributed by atoms with van der Waals surface area (Å²) >= 11 is 0. The van der Waals surface area contributed by atoms with Crippen molar-refractivity contribution in [2.45, 2.75) is 116 Å². The third kappa shape index (κ3) is 4.76. The third-order valence-corrected chi connectivity index (χ3v) is 13.5. The molecule has 4 aliphatic carbocycles. The number of likely N-dealkylation sites (tertiary alicyclic amines) is 1. The monoisotopic (exact) mass is 551 g/mol.